The van der Waals surface area contributed by atoms with Crippen molar-refractivity contribution in [3.05, 3.63) is 39.9 Å². The number of benzene rings is 1. The molecule has 1 N–H and O–H groups in total. The lowest BCUT2D eigenvalue weighted by Crippen LogP contribution is -2.38. The lowest BCUT2D eigenvalue weighted by atomic mass is 10.2. The molecule has 1 heterocycles. The van der Waals surface area contributed by atoms with E-state index in [2.05, 4.69) is 10.3 Å². The first-order valence-corrected chi connectivity index (χ1v) is 7.36. The van der Waals surface area contributed by atoms with Crippen LogP contribution in [-0.4, -0.2) is 21.5 Å². The molecule has 0 spiro atoms. The van der Waals surface area contributed by atoms with Crippen LogP contribution in [0.5, 0.6) is 0 Å². The number of hydrogen-bond acceptors (Lipinski definition) is 3. The smallest absolute Gasteiger partial charge is 0.261 e. The molecule has 3 rings (SSSR count). The van der Waals surface area contributed by atoms with Gasteiger partial charge in [-0.3, -0.25) is 14.2 Å². The summed E-state index contributed by atoms with van der Waals surface area (Å²) in [6.45, 7) is 1.97. The highest BCUT2D eigenvalue weighted by Crippen LogP contribution is 2.32. The van der Waals surface area contributed by atoms with Gasteiger partial charge in [0.05, 0.1) is 17.2 Å². The summed E-state index contributed by atoms with van der Waals surface area (Å²) in [6.07, 6.45) is 3.73. The Labute approximate surface area is 126 Å². The third-order valence-corrected chi connectivity index (χ3v) is 4.05. The highest BCUT2D eigenvalue weighted by atomic mass is 35.5. The number of fused-ring (bicyclic) bond motifs is 1. The molecule has 1 aliphatic carbocycles. The van der Waals surface area contributed by atoms with Gasteiger partial charge in [0.2, 0.25) is 5.91 Å². The number of aromatic nitrogens is 2. The number of nitrogens with zero attached hydrogens (tertiary/aromatic N) is 2. The summed E-state index contributed by atoms with van der Waals surface area (Å²) in [6, 6.07) is 5.12. The minimum absolute atomic E-state index is 0.0225. The van der Waals surface area contributed by atoms with Crippen molar-refractivity contribution >= 4 is 28.4 Å². The minimum Gasteiger partial charge on any atom is -0.352 e. The molecule has 110 valence electrons. The van der Waals surface area contributed by atoms with Crippen molar-refractivity contribution in [2.75, 3.05) is 0 Å². The van der Waals surface area contributed by atoms with Gasteiger partial charge in [0, 0.05) is 11.1 Å². The van der Waals surface area contributed by atoms with Crippen LogP contribution in [0.1, 0.15) is 19.8 Å². The van der Waals surface area contributed by atoms with E-state index in [1.165, 1.54) is 10.9 Å². The molecular weight excluding hydrogens is 290 g/mol. The van der Waals surface area contributed by atoms with E-state index >= 15 is 0 Å². The van der Waals surface area contributed by atoms with Crippen molar-refractivity contribution in [3.63, 3.8) is 0 Å². The van der Waals surface area contributed by atoms with Gasteiger partial charge < -0.3 is 5.32 Å². The number of halogens is 1. The van der Waals surface area contributed by atoms with E-state index in [1.54, 1.807) is 18.2 Å². The van der Waals surface area contributed by atoms with Crippen molar-refractivity contribution in [1.29, 1.82) is 0 Å². The predicted molar refractivity (Wildman–Crippen MR) is 81.3 cm³/mol. The molecule has 1 aromatic heterocycles. The zero-order valence-corrected chi connectivity index (χ0v) is 12.4. The SMILES string of the molecule is CC(NC(=O)Cn1cnc2ccc(Cl)cc2c1=O)C1CC1. The summed E-state index contributed by atoms with van der Waals surface area (Å²) < 4.78 is 1.31. The van der Waals surface area contributed by atoms with Gasteiger partial charge in [0.25, 0.3) is 5.56 Å². The van der Waals surface area contributed by atoms with E-state index in [0.717, 1.165) is 12.8 Å². The molecule has 1 saturated carbocycles. The lowest BCUT2D eigenvalue weighted by molar-refractivity contribution is -0.122. The molecule has 2 aromatic rings. The van der Waals surface area contributed by atoms with Crippen LogP contribution in [0.2, 0.25) is 5.02 Å². The molecule has 1 amide bonds. The Bertz CT molecular complexity index is 752. The van der Waals surface area contributed by atoms with Crippen molar-refractivity contribution in [3.8, 4) is 0 Å². The lowest BCUT2D eigenvalue weighted by Gasteiger charge is -2.13. The second-order valence-corrected chi connectivity index (χ2v) is 5.97. The molecule has 5 nitrogen and oxygen atoms in total. The normalized spacial score (nSPS) is 15.9. The molecule has 1 atom stereocenters. The largest absolute Gasteiger partial charge is 0.352 e. The summed E-state index contributed by atoms with van der Waals surface area (Å²) in [5.74, 6) is 0.416. The number of hydrogen-bond donors (Lipinski definition) is 1. The second kappa shape index (κ2) is 5.48. The fourth-order valence-electron chi connectivity index (χ4n) is 2.41. The summed E-state index contributed by atoms with van der Waals surface area (Å²) in [5, 5.41) is 3.83. The van der Waals surface area contributed by atoms with Crippen LogP contribution in [0.25, 0.3) is 10.9 Å². The first-order chi connectivity index (χ1) is 10.0. The van der Waals surface area contributed by atoms with E-state index in [0.29, 0.717) is 21.8 Å². The maximum absolute atomic E-state index is 12.3. The van der Waals surface area contributed by atoms with Gasteiger partial charge in [-0.2, -0.15) is 0 Å². The monoisotopic (exact) mass is 305 g/mol. The topological polar surface area (TPSA) is 64.0 Å². The fraction of sp³-hybridized carbons (Fsp3) is 0.400. The Hall–Kier alpha value is -1.88. The molecule has 1 unspecified atom stereocenters. The zero-order valence-electron chi connectivity index (χ0n) is 11.7. The highest BCUT2D eigenvalue weighted by molar-refractivity contribution is 6.31. The van der Waals surface area contributed by atoms with Crippen LogP contribution >= 0.6 is 11.6 Å². The maximum atomic E-state index is 12.3. The van der Waals surface area contributed by atoms with E-state index in [9.17, 15) is 9.59 Å². The number of nitrogens with one attached hydrogen (secondary N) is 1. The van der Waals surface area contributed by atoms with Crippen molar-refractivity contribution < 1.29 is 4.79 Å². The first-order valence-electron chi connectivity index (χ1n) is 6.98. The average Bonchev–Trinajstić information content (AvgIpc) is 3.27. The Morgan fingerprint density at radius 2 is 2.29 bits per heavy atom. The highest BCUT2D eigenvalue weighted by Gasteiger charge is 2.28. The van der Waals surface area contributed by atoms with Gasteiger partial charge in [-0.1, -0.05) is 11.6 Å². The molecule has 6 heteroatoms. The molecule has 0 saturated heterocycles. The molecule has 21 heavy (non-hydrogen) atoms. The summed E-state index contributed by atoms with van der Waals surface area (Å²) >= 11 is 5.90. The molecule has 1 aliphatic rings. The van der Waals surface area contributed by atoms with Crippen LogP contribution < -0.4 is 10.9 Å². The molecule has 0 bridgehead atoms. The standard InChI is InChI=1S/C15H16ClN3O2/c1-9(10-2-3-10)18-14(20)7-19-8-17-13-5-4-11(16)6-12(13)15(19)21/h4-6,8-10H,2-3,7H2,1H3,(H,18,20). The van der Waals surface area contributed by atoms with Crippen LogP contribution in [0.4, 0.5) is 0 Å². The summed E-state index contributed by atoms with van der Waals surface area (Å²) in [5.41, 5.74) is 0.323. The molecule has 0 aliphatic heterocycles. The zero-order chi connectivity index (χ0) is 15.0. The summed E-state index contributed by atoms with van der Waals surface area (Å²) in [7, 11) is 0. The Kier molecular flexibility index (Phi) is 3.68. The molecule has 1 fully saturated rings. The van der Waals surface area contributed by atoms with Crippen LogP contribution in [0.3, 0.4) is 0 Å². The average molecular weight is 306 g/mol. The number of rotatable bonds is 4. The number of carbonyl (C=O) groups excluding carboxylic acids is 1. The van der Waals surface area contributed by atoms with E-state index in [-0.39, 0.29) is 24.1 Å². The molecule has 1 aromatic carbocycles. The summed E-state index contributed by atoms with van der Waals surface area (Å²) in [4.78, 5) is 28.5. The fourth-order valence-corrected chi connectivity index (χ4v) is 2.58. The Morgan fingerprint density at radius 3 is 3.00 bits per heavy atom. The van der Waals surface area contributed by atoms with Gasteiger partial charge in [-0.15, -0.1) is 0 Å². The van der Waals surface area contributed by atoms with E-state index in [1.807, 2.05) is 6.92 Å². The van der Waals surface area contributed by atoms with Gasteiger partial charge in [-0.05, 0) is 43.9 Å². The third-order valence-electron chi connectivity index (χ3n) is 3.82. The maximum Gasteiger partial charge on any atom is 0.261 e. The van der Waals surface area contributed by atoms with Gasteiger partial charge in [0.1, 0.15) is 6.54 Å². The van der Waals surface area contributed by atoms with E-state index < -0.39 is 0 Å². The van der Waals surface area contributed by atoms with Crippen LogP contribution in [-0.2, 0) is 11.3 Å². The molecule has 0 radical (unpaired) electrons. The second-order valence-electron chi connectivity index (χ2n) is 5.53. The first kappa shape index (κ1) is 14.1. The van der Waals surface area contributed by atoms with Gasteiger partial charge in [-0.25, -0.2) is 4.98 Å². The Morgan fingerprint density at radius 1 is 1.52 bits per heavy atom. The van der Waals surface area contributed by atoms with Gasteiger partial charge in [0.15, 0.2) is 0 Å². The van der Waals surface area contributed by atoms with Crippen molar-refractivity contribution in [2.45, 2.75) is 32.4 Å². The van der Waals surface area contributed by atoms with Crippen LogP contribution in [0, 0.1) is 5.92 Å². The predicted octanol–water partition coefficient (Wildman–Crippen LogP) is 1.96. The quantitative estimate of drug-likeness (QED) is 0.939. The molecular formula is C15H16ClN3O2. The van der Waals surface area contributed by atoms with Gasteiger partial charge >= 0.3 is 0 Å². The Balaban J connectivity index is 1.81. The minimum atomic E-state index is -0.253. The van der Waals surface area contributed by atoms with Crippen LogP contribution in [0.15, 0.2) is 29.3 Å². The van der Waals surface area contributed by atoms with Crippen molar-refractivity contribution in [1.82, 2.24) is 14.9 Å². The van der Waals surface area contributed by atoms with Crippen molar-refractivity contribution in [2.24, 2.45) is 5.92 Å². The number of amides is 1. The van der Waals surface area contributed by atoms with E-state index in [4.69, 9.17) is 11.6 Å². The third kappa shape index (κ3) is 3.08. The number of carbonyl (C=O) groups is 1.